The van der Waals surface area contributed by atoms with Gasteiger partial charge in [0.1, 0.15) is 0 Å². The zero-order valence-corrected chi connectivity index (χ0v) is 11.0. The molecule has 2 aliphatic rings. The fraction of sp³-hybridized carbons (Fsp3) is 0.286. The monoisotopic (exact) mass is 275 g/mol. The molecule has 0 spiro atoms. The highest BCUT2D eigenvalue weighted by atomic mass is 32.2. The summed E-state index contributed by atoms with van der Waals surface area (Å²) in [5.41, 5.74) is 1.19. The Balaban J connectivity index is 1.75. The first kappa shape index (κ1) is 12.3. The average Bonchev–Trinajstić information content (AvgIpc) is 2.44. The number of amides is 1. The largest absolute Gasteiger partial charge is 0.478 e. The normalized spacial score (nSPS) is 24.8. The average molecular weight is 275 g/mol. The molecular formula is C14H13NO3S. The molecule has 1 fully saturated rings. The number of fused-ring (bicyclic) bond motifs is 1. The highest BCUT2D eigenvalue weighted by Crippen LogP contribution is 2.39. The van der Waals surface area contributed by atoms with Crippen LogP contribution in [0.25, 0.3) is 0 Å². The van der Waals surface area contributed by atoms with Crippen molar-refractivity contribution in [3.8, 4) is 0 Å². The molecule has 1 amide bonds. The topological polar surface area (TPSA) is 57.6 Å². The molecule has 1 saturated heterocycles. The van der Waals surface area contributed by atoms with Gasteiger partial charge in [0, 0.05) is 12.0 Å². The van der Waals surface area contributed by atoms with E-state index < -0.39 is 5.97 Å². The molecule has 0 aromatic heterocycles. The quantitative estimate of drug-likeness (QED) is 0.857. The summed E-state index contributed by atoms with van der Waals surface area (Å²) in [5.74, 6) is 0.103. The van der Waals surface area contributed by atoms with Gasteiger partial charge < -0.3 is 10.0 Å². The van der Waals surface area contributed by atoms with Crippen molar-refractivity contribution in [3.63, 3.8) is 0 Å². The van der Waals surface area contributed by atoms with Crippen molar-refractivity contribution in [1.82, 2.24) is 4.90 Å². The number of aromatic carboxylic acids is 1. The van der Waals surface area contributed by atoms with Crippen LogP contribution in [0.2, 0.25) is 0 Å². The maximum Gasteiger partial charge on any atom is 0.335 e. The van der Waals surface area contributed by atoms with Crippen LogP contribution in [0.3, 0.4) is 0 Å². The van der Waals surface area contributed by atoms with Gasteiger partial charge in [-0.25, -0.2) is 4.79 Å². The summed E-state index contributed by atoms with van der Waals surface area (Å²) >= 11 is 1.76. The Hall–Kier alpha value is -1.75. The number of carbonyl (C=O) groups is 2. The molecule has 4 nitrogen and oxygen atoms in total. The van der Waals surface area contributed by atoms with E-state index in [2.05, 4.69) is 0 Å². The van der Waals surface area contributed by atoms with E-state index in [4.69, 9.17) is 5.11 Å². The second kappa shape index (κ2) is 4.74. The predicted molar refractivity (Wildman–Crippen MR) is 72.8 cm³/mol. The van der Waals surface area contributed by atoms with Gasteiger partial charge in [-0.05, 0) is 24.1 Å². The van der Waals surface area contributed by atoms with Crippen LogP contribution in [0.4, 0.5) is 0 Å². The van der Waals surface area contributed by atoms with E-state index in [1.807, 2.05) is 18.3 Å². The third-order valence-electron chi connectivity index (χ3n) is 3.45. The number of hydrogen-bond acceptors (Lipinski definition) is 3. The molecule has 5 heteroatoms. The third kappa shape index (κ3) is 2.14. The van der Waals surface area contributed by atoms with Crippen molar-refractivity contribution in [2.75, 3.05) is 5.75 Å². The minimum absolute atomic E-state index is 0.0287. The van der Waals surface area contributed by atoms with E-state index >= 15 is 0 Å². The Bertz CT molecular complexity index is 570. The fourth-order valence-corrected chi connectivity index (χ4v) is 3.66. The van der Waals surface area contributed by atoms with Gasteiger partial charge in [-0.3, -0.25) is 4.79 Å². The molecule has 2 atom stereocenters. The van der Waals surface area contributed by atoms with Gasteiger partial charge in [-0.15, -0.1) is 11.8 Å². The van der Waals surface area contributed by atoms with Crippen molar-refractivity contribution in [2.45, 2.75) is 11.8 Å². The van der Waals surface area contributed by atoms with Crippen molar-refractivity contribution in [2.24, 2.45) is 5.92 Å². The van der Waals surface area contributed by atoms with Crippen LogP contribution in [0.15, 0.2) is 36.5 Å². The molecular weight excluding hydrogens is 262 g/mol. The Morgan fingerprint density at radius 1 is 1.47 bits per heavy atom. The lowest BCUT2D eigenvalue weighted by Gasteiger charge is -2.46. The van der Waals surface area contributed by atoms with Crippen molar-refractivity contribution < 1.29 is 14.7 Å². The summed E-state index contributed by atoms with van der Waals surface area (Å²) in [7, 11) is 0. The Morgan fingerprint density at radius 2 is 2.32 bits per heavy atom. The zero-order valence-electron chi connectivity index (χ0n) is 10.2. The van der Waals surface area contributed by atoms with E-state index in [1.165, 1.54) is 0 Å². The number of nitrogens with zero attached hydrogens (tertiary/aromatic N) is 1. The van der Waals surface area contributed by atoms with E-state index in [1.54, 1.807) is 34.9 Å². The first-order chi connectivity index (χ1) is 9.16. The Morgan fingerprint density at radius 3 is 3.11 bits per heavy atom. The number of carbonyl (C=O) groups excluding carboxylic acids is 1. The first-order valence-electron chi connectivity index (χ1n) is 6.09. The molecule has 1 N–H and O–H groups in total. The molecule has 0 aliphatic carbocycles. The van der Waals surface area contributed by atoms with Crippen LogP contribution in [-0.2, 0) is 11.2 Å². The predicted octanol–water partition coefficient (Wildman–Crippen LogP) is 1.97. The minimum Gasteiger partial charge on any atom is -0.478 e. The number of rotatable bonds is 3. The molecule has 0 saturated carbocycles. The lowest BCUT2D eigenvalue weighted by molar-refractivity contribution is -0.145. The smallest absolute Gasteiger partial charge is 0.335 e. The maximum atomic E-state index is 12.0. The van der Waals surface area contributed by atoms with Crippen molar-refractivity contribution in [3.05, 3.63) is 47.7 Å². The van der Waals surface area contributed by atoms with Gasteiger partial charge in [0.2, 0.25) is 5.91 Å². The molecule has 98 valence electrons. The van der Waals surface area contributed by atoms with Gasteiger partial charge in [-0.1, -0.05) is 18.2 Å². The Labute approximate surface area is 115 Å². The highest BCUT2D eigenvalue weighted by molar-refractivity contribution is 8.00. The third-order valence-corrected chi connectivity index (χ3v) is 4.73. The molecule has 2 aliphatic heterocycles. The maximum absolute atomic E-state index is 12.0. The molecule has 1 aromatic rings. The number of β-lactam (4-membered cyclic amide) rings is 1. The van der Waals surface area contributed by atoms with E-state index in [9.17, 15) is 9.59 Å². The summed E-state index contributed by atoms with van der Waals surface area (Å²) in [6.45, 7) is 0. The lowest BCUT2D eigenvalue weighted by atomic mass is 9.90. The van der Waals surface area contributed by atoms with Gasteiger partial charge >= 0.3 is 5.97 Å². The second-order valence-corrected chi connectivity index (χ2v) is 5.82. The second-order valence-electron chi connectivity index (χ2n) is 4.67. The Kier molecular flexibility index (Phi) is 3.06. The van der Waals surface area contributed by atoms with Crippen LogP contribution < -0.4 is 0 Å². The van der Waals surface area contributed by atoms with Gasteiger partial charge in [0.15, 0.2) is 0 Å². The van der Waals surface area contributed by atoms with Crippen LogP contribution in [0.5, 0.6) is 0 Å². The van der Waals surface area contributed by atoms with Crippen molar-refractivity contribution in [1.29, 1.82) is 0 Å². The molecule has 19 heavy (non-hydrogen) atoms. The van der Waals surface area contributed by atoms with Crippen LogP contribution >= 0.6 is 11.8 Å². The first-order valence-corrected chi connectivity index (χ1v) is 7.14. The number of benzene rings is 1. The minimum atomic E-state index is -0.932. The van der Waals surface area contributed by atoms with Gasteiger partial charge in [-0.2, -0.15) is 0 Å². The SMILES string of the molecule is O=C(O)c1cccc(CC2C(=O)N3C=CCS[C@@H]23)c1. The number of carboxylic acid groups (broad SMARTS) is 1. The molecule has 2 heterocycles. The summed E-state index contributed by atoms with van der Waals surface area (Å²) in [6, 6.07) is 6.83. The van der Waals surface area contributed by atoms with Gasteiger partial charge in [0.05, 0.1) is 16.9 Å². The van der Waals surface area contributed by atoms with Gasteiger partial charge in [0.25, 0.3) is 0 Å². The molecule has 0 bridgehead atoms. The van der Waals surface area contributed by atoms with E-state index in [0.717, 1.165) is 11.3 Å². The van der Waals surface area contributed by atoms with Crippen molar-refractivity contribution >= 4 is 23.6 Å². The van der Waals surface area contributed by atoms with Crippen LogP contribution in [0, 0.1) is 5.92 Å². The van der Waals surface area contributed by atoms with Crippen LogP contribution in [0.1, 0.15) is 15.9 Å². The molecule has 0 radical (unpaired) electrons. The lowest BCUT2D eigenvalue weighted by Crippen LogP contribution is -2.58. The zero-order chi connectivity index (χ0) is 13.4. The summed E-state index contributed by atoms with van der Waals surface area (Å²) < 4.78 is 0. The molecule has 1 unspecified atom stereocenters. The number of thioether (sulfide) groups is 1. The summed E-state index contributed by atoms with van der Waals surface area (Å²) in [6.07, 6.45) is 4.45. The standard InChI is InChI=1S/C14H13NO3S/c16-12-11(13-15(12)5-2-6-19-13)8-9-3-1-4-10(7-9)14(17)18/h1-5,7,11,13H,6,8H2,(H,17,18)/t11?,13-/m0/s1. The van der Waals surface area contributed by atoms with E-state index in [-0.39, 0.29) is 22.8 Å². The summed E-state index contributed by atoms with van der Waals surface area (Å²) in [4.78, 5) is 24.7. The number of carboxylic acids is 1. The van der Waals surface area contributed by atoms with E-state index in [0.29, 0.717) is 6.42 Å². The fourth-order valence-electron chi connectivity index (χ4n) is 2.49. The number of hydrogen-bond donors (Lipinski definition) is 1. The molecule has 3 rings (SSSR count). The highest BCUT2D eigenvalue weighted by Gasteiger charge is 2.47. The van der Waals surface area contributed by atoms with Crippen LogP contribution in [-0.4, -0.2) is 33.0 Å². The summed E-state index contributed by atoms with van der Waals surface area (Å²) in [5, 5.41) is 9.18. The molecule has 1 aromatic carbocycles.